The Labute approximate surface area is 70.1 Å². The monoisotopic (exact) mass is 195 g/mol. The highest BCUT2D eigenvalue weighted by molar-refractivity contribution is 7.89. The zero-order valence-corrected chi connectivity index (χ0v) is 6.97. The highest BCUT2D eigenvalue weighted by atomic mass is 35.5. The van der Waals surface area contributed by atoms with Gasteiger partial charge in [-0.3, -0.25) is 0 Å². The van der Waals surface area contributed by atoms with Crippen molar-refractivity contribution in [3.63, 3.8) is 0 Å². The molecule has 0 saturated carbocycles. The Hall–Kier alpha value is -0.720. The minimum absolute atomic E-state index is 0. The summed E-state index contributed by atoms with van der Waals surface area (Å²) in [5, 5.41) is 4.57. The fourth-order valence-electron chi connectivity index (χ4n) is 0.447. The maximum atomic E-state index is 10.5. The molecule has 0 unspecified atom stereocenters. The van der Waals surface area contributed by atoms with E-state index in [1.165, 1.54) is 12.3 Å². The van der Waals surface area contributed by atoms with Crippen LogP contribution in [-0.2, 0) is 10.0 Å². The van der Waals surface area contributed by atoms with Crippen molar-refractivity contribution in [1.82, 2.24) is 9.97 Å². The molecule has 2 N–H and O–H groups in total. The van der Waals surface area contributed by atoms with Gasteiger partial charge in [0.05, 0.1) is 0 Å². The summed E-state index contributed by atoms with van der Waals surface area (Å²) in [6.07, 6.45) is 2.44. The molecule has 0 radical (unpaired) electrons. The predicted octanol–water partition coefficient (Wildman–Crippen LogP) is -0.454. The SMILES string of the molecule is Cl.NS(=O)(=O)c1ccncn1. The molecular formula is C4H6ClN3O2S. The number of primary sulfonamides is 1. The summed E-state index contributed by atoms with van der Waals surface area (Å²) < 4.78 is 21.0. The number of nitrogens with zero attached hydrogens (tertiary/aromatic N) is 2. The maximum Gasteiger partial charge on any atom is 0.255 e. The second-order valence-electron chi connectivity index (χ2n) is 1.59. The Balaban J connectivity index is 0.000001000. The predicted molar refractivity (Wildman–Crippen MR) is 40.7 cm³/mol. The lowest BCUT2D eigenvalue weighted by atomic mass is 10.7. The van der Waals surface area contributed by atoms with E-state index in [-0.39, 0.29) is 17.4 Å². The molecule has 0 spiro atoms. The highest BCUT2D eigenvalue weighted by Gasteiger charge is 2.06. The van der Waals surface area contributed by atoms with Gasteiger partial charge in [-0.05, 0) is 6.07 Å². The van der Waals surface area contributed by atoms with Gasteiger partial charge in [0.2, 0.25) is 0 Å². The smallest absolute Gasteiger partial charge is 0.245 e. The van der Waals surface area contributed by atoms with Crippen molar-refractivity contribution in [3.8, 4) is 0 Å². The Morgan fingerprint density at radius 3 is 2.36 bits per heavy atom. The van der Waals surface area contributed by atoms with Crippen LogP contribution in [0.5, 0.6) is 0 Å². The van der Waals surface area contributed by atoms with E-state index in [4.69, 9.17) is 5.14 Å². The highest BCUT2D eigenvalue weighted by Crippen LogP contribution is 1.96. The summed E-state index contributed by atoms with van der Waals surface area (Å²) in [4.78, 5) is 6.95. The molecule has 7 heteroatoms. The average molecular weight is 196 g/mol. The number of hydrogen-bond acceptors (Lipinski definition) is 4. The van der Waals surface area contributed by atoms with Gasteiger partial charge in [-0.1, -0.05) is 0 Å². The number of halogens is 1. The van der Waals surface area contributed by atoms with E-state index in [9.17, 15) is 8.42 Å². The van der Waals surface area contributed by atoms with Crippen LogP contribution in [0.15, 0.2) is 23.6 Å². The Morgan fingerprint density at radius 1 is 1.45 bits per heavy atom. The van der Waals surface area contributed by atoms with Crippen LogP contribution < -0.4 is 5.14 Å². The molecule has 0 bridgehead atoms. The molecule has 1 aromatic heterocycles. The second kappa shape index (κ2) is 3.61. The van der Waals surface area contributed by atoms with Crippen molar-refractivity contribution in [2.45, 2.75) is 5.03 Å². The van der Waals surface area contributed by atoms with Crippen LogP contribution in [0.1, 0.15) is 0 Å². The van der Waals surface area contributed by atoms with Gasteiger partial charge in [-0.25, -0.2) is 23.5 Å². The van der Waals surface area contributed by atoms with E-state index >= 15 is 0 Å². The van der Waals surface area contributed by atoms with Crippen molar-refractivity contribution < 1.29 is 8.42 Å². The summed E-state index contributed by atoms with van der Waals surface area (Å²) in [7, 11) is -3.65. The first kappa shape index (κ1) is 10.3. The molecule has 0 amide bonds. The van der Waals surface area contributed by atoms with Crippen LogP contribution in [0.25, 0.3) is 0 Å². The summed E-state index contributed by atoms with van der Waals surface area (Å²) >= 11 is 0. The zero-order chi connectivity index (χ0) is 7.61. The lowest BCUT2D eigenvalue weighted by molar-refractivity contribution is 0.593. The number of sulfonamides is 1. The van der Waals surface area contributed by atoms with Crippen molar-refractivity contribution in [2.24, 2.45) is 5.14 Å². The Kier molecular flexibility index (Phi) is 3.37. The van der Waals surface area contributed by atoms with Gasteiger partial charge in [-0.2, -0.15) is 0 Å². The lowest BCUT2D eigenvalue weighted by Gasteiger charge is -1.91. The van der Waals surface area contributed by atoms with Gasteiger partial charge in [0.15, 0.2) is 5.03 Å². The molecule has 0 atom stereocenters. The van der Waals surface area contributed by atoms with Crippen LogP contribution in [0.4, 0.5) is 0 Å². The molecule has 0 saturated heterocycles. The topological polar surface area (TPSA) is 85.9 Å². The number of aromatic nitrogens is 2. The summed E-state index contributed by atoms with van der Waals surface area (Å²) in [5.41, 5.74) is 0. The third-order valence-corrected chi connectivity index (χ3v) is 1.67. The Morgan fingerprint density at radius 2 is 2.09 bits per heavy atom. The van der Waals surface area contributed by atoms with E-state index < -0.39 is 10.0 Å². The number of rotatable bonds is 1. The van der Waals surface area contributed by atoms with Crippen LogP contribution in [0.2, 0.25) is 0 Å². The quantitative estimate of drug-likeness (QED) is 0.615. The largest absolute Gasteiger partial charge is 0.255 e. The van der Waals surface area contributed by atoms with Gasteiger partial charge in [0, 0.05) is 6.20 Å². The van der Waals surface area contributed by atoms with E-state index in [1.54, 1.807) is 0 Å². The van der Waals surface area contributed by atoms with E-state index in [0.29, 0.717) is 0 Å². The molecular weight excluding hydrogens is 190 g/mol. The van der Waals surface area contributed by atoms with Crippen LogP contribution >= 0.6 is 12.4 Å². The zero-order valence-electron chi connectivity index (χ0n) is 5.34. The normalized spacial score (nSPS) is 10.3. The lowest BCUT2D eigenvalue weighted by Crippen LogP contribution is -2.13. The third kappa shape index (κ3) is 2.79. The van der Waals surface area contributed by atoms with Crippen molar-refractivity contribution in [3.05, 3.63) is 18.6 Å². The van der Waals surface area contributed by atoms with Gasteiger partial charge in [-0.15, -0.1) is 12.4 Å². The number of hydrogen-bond donors (Lipinski definition) is 1. The molecule has 62 valence electrons. The molecule has 5 nitrogen and oxygen atoms in total. The first-order valence-electron chi connectivity index (χ1n) is 2.39. The Bertz CT molecular complexity index is 311. The first-order chi connectivity index (χ1) is 4.61. The maximum absolute atomic E-state index is 10.5. The molecule has 0 aromatic carbocycles. The van der Waals surface area contributed by atoms with E-state index in [0.717, 1.165) is 6.33 Å². The molecule has 11 heavy (non-hydrogen) atoms. The minimum atomic E-state index is -3.65. The molecule has 1 aromatic rings. The van der Waals surface area contributed by atoms with E-state index in [1.807, 2.05) is 0 Å². The molecule has 0 aliphatic rings. The van der Waals surface area contributed by atoms with Gasteiger partial charge >= 0.3 is 0 Å². The van der Waals surface area contributed by atoms with Crippen molar-refractivity contribution in [2.75, 3.05) is 0 Å². The standard InChI is InChI=1S/C4H5N3O2S.ClH/c5-10(8,9)4-1-2-6-3-7-4;/h1-3H,(H2,5,8,9);1H. The van der Waals surface area contributed by atoms with Gasteiger partial charge < -0.3 is 0 Å². The number of nitrogens with two attached hydrogens (primary N) is 1. The van der Waals surface area contributed by atoms with Crippen LogP contribution in [-0.4, -0.2) is 18.4 Å². The molecule has 1 heterocycles. The fraction of sp³-hybridized carbons (Fsp3) is 0. The molecule has 1 rings (SSSR count). The van der Waals surface area contributed by atoms with Crippen molar-refractivity contribution >= 4 is 22.4 Å². The van der Waals surface area contributed by atoms with Crippen LogP contribution in [0.3, 0.4) is 0 Å². The molecule has 0 fully saturated rings. The van der Waals surface area contributed by atoms with Crippen molar-refractivity contribution in [1.29, 1.82) is 0 Å². The summed E-state index contributed by atoms with van der Waals surface area (Å²) in [6.45, 7) is 0. The van der Waals surface area contributed by atoms with Crippen LogP contribution in [0, 0.1) is 0 Å². The molecule has 0 aliphatic heterocycles. The molecule has 0 aliphatic carbocycles. The third-order valence-electron chi connectivity index (χ3n) is 0.846. The second-order valence-corrected chi connectivity index (χ2v) is 3.10. The summed E-state index contributed by atoms with van der Waals surface area (Å²) in [6, 6.07) is 1.23. The van der Waals surface area contributed by atoms with Gasteiger partial charge in [0.25, 0.3) is 10.0 Å². The van der Waals surface area contributed by atoms with E-state index in [2.05, 4.69) is 9.97 Å². The minimum Gasteiger partial charge on any atom is -0.245 e. The first-order valence-corrected chi connectivity index (χ1v) is 3.94. The average Bonchev–Trinajstić information content (AvgIpc) is 1.88. The fourth-order valence-corrected chi connectivity index (χ4v) is 0.891. The summed E-state index contributed by atoms with van der Waals surface area (Å²) in [5.74, 6) is 0. The van der Waals surface area contributed by atoms with Gasteiger partial charge in [0.1, 0.15) is 6.33 Å².